The smallest absolute Gasteiger partial charge is 0.231 e. The minimum atomic E-state index is 0.252. The number of nitrogens with zero attached hydrogens (tertiary/aromatic N) is 4. The SMILES string of the molecule is c1csc(-c2nc(NCCCN3CCOCC3)ncc2-c2ccc3c(c2)OCO3)n1. The van der Waals surface area contributed by atoms with Crippen LogP contribution in [-0.4, -0.2) is 66.0 Å². The maximum atomic E-state index is 5.53. The van der Waals surface area contributed by atoms with Gasteiger partial charge in [0.25, 0.3) is 0 Å². The number of morpholine rings is 1. The van der Waals surface area contributed by atoms with E-state index in [0.29, 0.717) is 5.95 Å². The lowest BCUT2D eigenvalue weighted by Gasteiger charge is -2.26. The second-order valence-corrected chi connectivity index (χ2v) is 7.99. The first-order chi connectivity index (χ1) is 14.9. The van der Waals surface area contributed by atoms with Crippen LogP contribution in [0.4, 0.5) is 5.95 Å². The van der Waals surface area contributed by atoms with Gasteiger partial charge in [0, 0.05) is 43.0 Å². The number of benzene rings is 1. The summed E-state index contributed by atoms with van der Waals surface area (Å²) in [5.74, 6) is 2.11. The fourth-order valence-electron chi connectivity index (χ4n) is 3.57. The molecular weight excluding hydrogens is 402 g/mol. The highest BCUT2D eigenvalue weighted by molar-refractivity contribution is 7.13. The Labute approximate surface area is 178 Å². The van der Waals surface area contributed by atoms with Gasteiger partial charge in [-0.1, -0.05) is 6.07 Å². The monoisotopic (exact) mass is 425 g/mol. The Morgan fingerprint density at radius 1 is 1.10 bits per heavy atom. The van der Waals surface area contributed by atoms with E-state index in [1.807, 2.05) is 29.8 Å². The van der Waals surface area contributed by atoms with Gasteiger partial charge in [0.2, 0.25) is 12.7 Å². The van der Waals surface area contributed by atoms with Crippen molar-refractivity contribution in [2.24, 2.45) is 0 Å². The molecule has 1 saturated heterocycles. The third-order valence-corrected chi connectivity index (χ3v) is 5.92. The number of thiazole rings is 1. The predicted octanol–water partition coefficient (Wildman–Crippen LogP) is 3.13. The zero-order valence-corrected chi connectivity index (χ0v) is 17.4. The van der Waals surface area contributed by atoms with E-state index in [2.05, 4.69) is 20.2 Å². The Bertz CT molecular complexity index is 992. The Hall–Kier alpha value is -2.75. The van der Waals surface area contributed by atoms with Crippen molar-refractivity contribution in [2.45, 2.75) is 6.42 Å². The predicted molar refractivity (Wildman–Crippen MR) is 115 cm³/mol. The normalized spacial score (nSPS) is 16.0. The number of anilines is 1. The van der Waals surface area contributed by atoms with Crippen molar-refractivity contribution in [1.29, 1.82) is 0 Å². The highest BCUT2D eigenvalue weighted by atomic mass is 32.1. The first-order valence-electron chi connectivity index (χ1n) is 10.1. The lowest BCUT2D eigenvalue weighted by molar-refractivity contribution is 0.0378. The molecule has 0 amide bonds. The van der Waals surface area contributed by atoms with Crippen molar-refractivity contribution < 1.29 is 14.2 Å². The van der Waals surface area contributed by atoms with E-state index >= 15 is 0 Å². The van der Waals surface area contributed by atoms with Crippen LogP contribution in [0, 0.1) is 0 Å². The summed E-state index contributed by atoms with van der Waals surface area (Å²) in [4.78, 5) is 16.2. The van der Waals surface area contributed by atoms with Crippen LogP contribution in [0.5, 0.6) is 11.5 Å². The van der Waals surface area contributed by atoms with Gasteiger partial charge in [0.1, 0.15) is 10.7 Å². The first kappa shape index (κ1) is 19.2. The summed E-state index contributed by atoms with van der Waals surface area (Å²) >= 11 is 1.56. The Balaban J connectivity index is 1.32. The van der Waals surface area contributed by atoms with Crippen molar-refractivity contribution in [1.82, 2.24) is 19.9 Å². The quantitative estimate of drug-likeness (QED) is 0.578. The first-order valence-corrected chi connectivity index (χ1v) is 11.0. The van der Waals surface area contributed by atoms with Crippen LogP contribution < -0.4 is 14.8 Å². The number of aromatic nitrogens is 3. The molecule has 1 aromatic carbocycles. The number of hydrogen-bond donors (Lipinski definition) is 1. The summed E-state index contributed by atoms with van der Waals surface area (Å²) in [6.45, 7) is 5.79. The molecule has 30 heavy (non-hydrogen) atoms. The maximum Gasteiger partial charge on any atom is 0.231 e. The summed E-state index contributed by atoms with van der Waals surface area (Å²) in [5.41, 5.74) is 2.71. The molecule has 4 heterocycles. The minimum absolute atomic E-state index is 0.252. The molecule has 0 saturated carbocycles. The summed E-state index contributed by atoms with van der Waals surface area (Å²) < 4.78 is 16.4. The lowest BCUT2D eigenvalue weighted by Crippen LogP contribution is -2.37. The van der Waals surface area contributed by atoms with Crippen LogP contribution >= 0.6 is 11.3 Å². The van der Waals surface area contributed by atoms with Gasteiger partial charge < -0.3 is 19.5 Å². The molecule has 0 atom stereocenters. The van der Waals surface area contributed by atoms with E-state index in [1.54, 1.807) is 17.5 Å². The second kappa shape index (κ2) is 8.95. The molecule has 2 aliphatic rings. The number of ether oxygens (including phenoxy) is 3. The highest BCUT2D eigenvalue weighted by Gasteiger charge is 2.18. The molecule has 8 nitrogen and oxygen atoms in total. The molecule has 0 aliphatic carbocycles. The summed E-state index contributed by atoms with van der Waals surface area (Å²) in [5, 5.41) is 6.18. The van der Waals surface area contributed by atoms with Gasteiger partial charge in [-0.25, -0.2) is 15.0 Å². The van der Waals surface area contributed by atoms with Crippen LogP contribution in [0.15, 0.2) is 36.0 Å². The van der Waals surface area contributed by atoms with Gasteiger partial charge in [0.05, 0.1) is 13.2 Å². The van der Waals surface area contributed by atoms with E-state index in [1.165, 1.54) is 0 Å². The topological polar surface area (TPSA) is 81.6 Å². The van der Waals surface area contributed by atoms with E-state index in [0.717, 1.165) is 79.1 Å². The van der Waals surface area contributed by atoms with Crippen LogP contribution in [0.25, 0.3) is 21.8 Å². The summed E-state index contributed by atoms with van der Waals surface area (Å²) in [7, 11) is 0. The summed E-state index contributed by atoms with van der Waals surface area (Å²) in [6, 6.07) is 5.88. The van der Waals surface area contributed by atoms with Crippen molar-refractivity contribution in [2.75, 3.05) is 51.5 Å². The molecule has 3 aromatic rings. The fourth-order valence-corrected chi connectivity index (χ4v) is 4.21. The third kappa shape index (κ3) is 4.23. The molecule has 0 bridgehead atoms. The van der Waals surface area contributed by atoms with Gasteiger partial charge in [0.15, 0.2) is 11.5 Å². The van der Waals surface area contributed by atoms with Gasteiger partial charge in [-0.15, -0.1) is 11.3 Å². The largest absolute Gasteiger partial charge is 0.454 e. The van der Waals surface area contributed by atoms with Gasteiger partial charge in [-0.2, -0.15) is 0 Å². The van der Waals surface area contributed by atoms with Crippen LogP contribution in [0.2, 0.25) is 0 Å². The molecule has 0 spiro atoms. The third-order valence-electron chi connectivity index (χ3n) is 5.15. The molecule has 1 fully saturated rings. The van der Waals surface area contributed by atoms with Gasteiger partial charge in [-0.3, -0.25) is 4.90 Å². The van der Waals surface area contributed by atoms with E-state index < -0.39 is 0 Å². The van der Waals surface area contributed by atoms with Crippen molar-refractivity contribution >= 4 is 17.3 Å². The van der Waals surface area contributed by atoms with Gasteiger partial charge in [-0.05, 0) is 30.7 Å². The van der Waals surface area contributed by atoms with Crippen LogP contribution in [-0.2, 0) is 4.74 Å². The zero-order valence-electron chi connectivity index (χ0n) is 16.5. The summed E-state index contributed by atoms with van der Waals surface area (Å²) in [6.07, 6.45) is 4.67. The maximum absolute atomic E-state index is 5.53. The van der Waals surface area contributed by atoms with E-state index in [-0.39, 0.29) is 6.79 Å². The zero-order chi connectivity index (χ0) is 20.2. The molecule has 0 radical (unpaired) electrons. The standard InChI is InChI=1S/C21H23N5O3S/c1(6-26-7-9-27-10-8-26)4-23-21-24-13-16(19(25-21)20-22-5-11-30-20)15-2-3-17-18(12-15)29-14-28-17/h2-3,5,11-13H,1,4,6-10,14H2,(H,23,24,25). The Morgan fingerprint density at radius 3 is 2.87 bits per heavy atom. The molecule has 0 unspecified atom stereocenters. The number of rotatable bonds is 7. The minimum Gasteiger partial charge on any atom is -0.454 e. The van der Waals surface area contributed by atoms with Crippen molar-refractivity contribution in [3.63, 3.8) is 0 Å². The molecule has 2 aliphatic heterocycles. The average molecular weight is 426 g/mol. The van der Waals surface area contributed by atoms with Crippen molar-refractivity contribution in [3.8, 4) is 33.3 Å². The Kier molecular flexibility index (Phi) is 5.73. The second-order valence-electron chi connectivity index (χ2n) is 7.10. The Morgan fingerprint density at radius 2 is 2.00 bits per heavy atom. The fraction of sp³-hybridized carbons (Fsp3) is 0.381. The van der Waals surface area contributed by atoms with E-state index in [4.69, 9.17) is 19.2 Å². The molecule has 156 valence electrons. The molecule has 9 heteroatoms. The van der Waals surface area contributed by atoms with Crippen LogP contribution in [0.1, 0.15) is 6.42 Å². The van der Waals surface area contributed by atoms with Crippen molar-refractivity contribution in [3.05, 3.63) is 36.0 Å². The molecule has 5 rings (SSSR count). The molecule has 1 N–H and O–H groups in total. The van der Waals surface area contributed by atoms with E-state index in [9.17, 15) is 0 Å². The highest BCUT2D eigenvalue weighted by Crippen LogP contribution is 2.38. The molecule has 2 aromatic heterocycles. The number of fused-ring (bicyclic) bond motifs is 1. The average Bonchev–Trinajstić information content (AvgIpc) is 3.49. The number of hydrogen-bond acceptors (Lipinski definition) is 9. The van der Waals surface area contributed by atoms with Crippen LogP contribution in [0.3, 0.4) is 0 Å². The lowest BCUT2D eigenvalue weighted by atomic mass is 10.1. The number of nitrogens with one attached hydrogen (secondary N) is 1. The molecular formula is C21H23N5O3S. The van der Waals surface area contributed by atoms with Gasteiger partial charge >= 0.3 is 0 Å².